The molecule has 8 N–H and O–H groups in total. The molecular formula is C53H82O24. The van der Waals surface area contributed by atoms with Gasteiger partial charge in [0.05, 0.1) is 80.6 Å². The molecular weight excluding hydrogens is 1020 g/mol. The van der Waals surface area contributed by atoms with Crippen molar-refractivity contribution in [3.05, 3.63) is 23.5 Å². The fraction of sp³-hybridized carbons (Fsp3) is 0.906. The maximum Gasteiger partial charge on any atom is 0.309 e. The number of carbonyl (C=O) groups is 1. The highest BCUT2D eigenvalue weighted by Gasteiger charge is 2.59. The Morgan fingerprint density at radius 2 is 1.29 bits per heavy atom. The van der Waals surface area contributed by atoms with Crippen molar-refractivity contribution in [1.29, 1.82) is 0 Å². The summed E-state index contributed by atoms with van der Waals surface area (Å²) in [6, 6.07) is 0. The summed E-state index contributed by atoms with van der Waals surface area (Å²) >= 11 is 0. The first-order valence-electron chi connectivity index (χ1n) is 27.6. The minimum atomic E-state index is -1.76. The molecule has 8 fully saturated rings. The van der Waals surface area contributed by atoms with Gasteiger partial charge in [-0.1, -0.05) is 18.6 Å². The maximum atomic E-state index is 13.8. The second-order valence-corrected chi connectivity index (χ2v) is 23.2. The smallest absolute Gasteiger partial charge is 0.309 e. The van der Waals surface area contributed by atoms with Crippen LogP contribution in [0.25, 0.3) is 0 Å². The highest BCUT2D eigenvalue weighted by Crippen LogP contribution is 2.57. The Labute approximate surface area is 447 Å². The van der Waals surface area contributed by atoms with Gasteiger partial charge < -0.3 is 112 Å². The molecule has 29 atom stereocenters. The van der Waals surface area contributed by atoms with Crippen LogP contribution in [0.4, 0.5) is 0 Å². The number of hydrogen-bond acceptors (Lipinski definition) is 24. The molecule has 0 aromatic rings. The minimum Gasteiger partial charge on any atom is -0.469 e. The van der Waals surface area contributed by atoms with E-state index in [1.807, 2.05) is 20.1 Å². The van der Waals surface area contributed by atoms with Gasteiger partial charge in [-0.3, -0.25) is 4.79 Å². The number of ether oxygens (including phenoxy) is 15. The first-order valence-corrected chi connectivity index (χ1v) is 27.6. The lowest BCUT2D eigenvalue weighted by atomic mass is 9.55. The van der Waals surface area contributed by atoms with Gasteiger partial charge in [-0.15, -0.1) is 0 Å². The van der Waals surface area contributed by atoms with Crippen molar-refractivity contribution in [3.63, 3.8) is 0 Å². The molecule has 8 heterocycles. The number of carbonyl (C=O) groups excluding carboxylic acids is 1. The number of allylic oxidation sites excluding steroid dienone is 1. The summed E-state index contributed by atoms with van der Waals surface area (Å²) in [4.78, 5) is 13.8. The van der Waals surface area contributed by atoms with Crippen LogP contribution in [-0.4, -0.2) is 234 Å². The lowest BCUT2D eigenvalue weighted by Gasteiger charge is -2.51. The molecule has 24 heteroatoms. The van der Waals surface area contributed by atoms with Crippen molar-refractivity contribution in [3.8, 4) is 0 Å². The summed E-state index contributed by atoms with van der Waals surface area (Å²) in [6.07, 6.45) is -15.6. The predicted octanol–water partition coefficient (Wildman–Crippen LogP) is -0.318. The average Bonchev–Trinajstić information content (AvgIpc) is 4.01. The van der Waals surface area contributed by atoms with E-state index in [0.29, 0.717) is 19.4 Å². The Morgan fingerprint density at radius 1 is 0.688 bits per heavy atom. The largest absolute Gasteiger partial charge is 0.469 e. The van der Waals surface area contributed by atoms with E-state index in [0.717, 1.165) is 37.7 Å². The van der Waals surface area contributed by atoms with Gasteiger partial charge in [-0.05, 0) is 76.2 Å². The van der Waals surface area contributed by atoms with Crippen molar-refractivity contribution in [2.75, 3.05) is 34.0 Å². The number of aliphatic hydroxyl groups excluding tert-OH is 8. The number of methoxy groups -OCH3 is 2. The maximum absolute atomic E-state index is 13.8. The Morgan fingerprint density at radius 3 is 1.95 bits per heavy atom. The van der Waals surface area contributed by atoms with Crippen LogP contribution in [0.1, 0.15) is 92.4 Å². The first-order chi connectivity index (χ1) is 36.7. The molecule has 77 heavy (non-hydrogen) atoms. The fourth-order valence-electron chi connectivity index (χ4n) is 13.9. The zero-order valence-electron chi connectivity index (χ0n) is 44.8. The Balaban J connectivity index is 0.689. The quantitative estimate of drug-likeness (QED) is 0.0817. The number of aliphatic hydroxyl groups is 8. The summed E-state index contributed by atoms with van der Waals surface area (Å²) < 4.78 is 91.5. The van der Waals surface area contributed by atoms with Gasteiger partial charge in [0.1, 0.15) is 73.2 Å². The van der Waals surface area contributed by atoms with Gasteiger partial charge in [0.25, 0.3) is 0 Å². The molecule has 10 rings (SSSR count). The number of esters is 1. The van der Waals surface area contributed by atoms with E-state index in [9.17, 15) is 45.6 Å². The molecule has 24 nitrogen and oxygen atoms in total. The van der Waals surface area contributed by atoms with E-state index in [-0.39, 0.29) is 54.2 Å². The molecule has 1 saturated carbocycles. The third kappa shape index (κ3) is 11.4. The molecule has 2 aliphatic carbocycles. The highest BCUT2D eigenvalue weighted by atomic mass is 16.8. The van der Waals surface area contributed by atoms with Crippen LogP contribution in [-0.2, 0) is 75.8 Å². The van der Waals surface area contributed by atoms with Gasteiger partial charge in [0, 0.05) is 40.4 Å². The number of rotatable bonds is 14. The summed E-state index contributed by atoms with van der Waals surface area (Å²) in [5.41, 5.74) is 2.30. The van der Waals surface area contributed by atoms with Crippen molar-refractivity contribution < 1.29 is 117 Å². The van der Waals surface area contributed by atoms with Crippen LogP contribution in [0.3, 0.4) is 0 Å². The van der Waals surface area contributed by atoms with Crippen LogP contribution < -0.4 is 0 Å². The number of fused-ring (bicyclic) bond motifs is 3. The van der Waals surface area contributed by atoms with E-state index in [2.05, 4.69) is 13.0 Å². The fourth-order valence-corrected chi connectivity index (χ4v) is 13.9. The normalized spacial score (nSPS) is 52.1. The van der Waals surface area contributed by atoms with Gasteiger partial charge in [-0.25, -0.2) is 0 Å². The summed E-state index contributed by atoms with van der Waals surface area (Å²) in [5, 5.41) is 84.2. The lowest BCUT2D eigenvalue weighted by molar-refractivity contribution is -0.361. The monoisotopic (exact) mass is 1100 g/mol. The van der Waals surface area contributed by atoms with Crippen molar-refractivity contribution in [1.82, 2.24) is 0 Å². The minimum absolute atomic E-state index is 0.0680. The Hall–Kier alpha value is -2.09. The predicted molar refractivity (Wildman–Crippen MR) is 258 cm³/mol. The van der Waals surface area contributed by atoms with Crippen LogP contribution in [0.5, 0.6) is 0 Å². The van der Waals surface area contributed by atoms with Crippen molar-refractivity contribution in [2.24, 2.45) is 23.2 Å². The van der Waals surface area contributed by atoms with E-state index in [1.165, 1.54) is 12.7 Å². The Kier molecular flexibility index (Phi) is 17.8. The molecule has 29 unspecified atom stereocenters. The van der Waals surface area contributed by atoms with Crippen molar-refractivity contribution in [2.45, 2.75) is 246 Å². The molecule has 0 amide bonds. The second kappa shape index (κ2) is 23.6. The van der Waals surface area contributed by atoms with Crippen LogP contribution in [0, 0.1) is 23.2 Å². The molecule has 0 aromatic carbocycles. The van der Waals surface area contributed by atoms with E-state index in [4.69, 9.17) is 71.1 Å². The van der Waals surface area contributed by atoms with Gasteiger partial charge in [0.15, 0.2) is 31.5 Å². The first kappa shape index (κ1) is 58.1. The summed E-state index contributed by atoms with van der Waals surface area (Å²) in [5.74, 6) is -1.12. The molecule has 10 aliphatic rings. The SMILES string of the molecule is COC1CC(OC2CCC3(C)C(=CCC4C(=O)OC5COC6(C)OC=C(CCC43)C56)C2)OC(C)C1OC1CC(O)C(OC2CC(OC)C(OC3OC(COC4OC(CO)C(O)C(O)C4O)C(O)C(O)C3O)C(C)O2)C(C)O1. The zero-order chi connectivity index (χ0) is 54.8. The van der Waals surface area contributed by atoms with Crippen LogP contribution in [0.2, 0.25) is 0 Å². The number of hydrogen-bond donors (Lipinski definition) is 8. The third-order valence-electron chi connectivity index (χ3n) is 18.4. The van der Waals surface area contributed by atoms with Gasteiger partial charge in [0.2, 0.25) is 5.79 Å². The molecule has 7 saturated heterocycles. The topological polar surface area (TPSA) is 317 Å². The summed E-state index contributed by atoms with van der Waals surface area (Å²) in [7, 11) is 3.08. The molecule has 0 radical (unpaired) electrons. The summed E-state index contributed by atoms with van der Waals surface area (Å²) in [6.45, 7) is 8.72. The molecule has 438 valence electrons. The molecule has 0 bridgehead atoms. The van der Waals surface area contributed by atoms with E-state index < -0.39 is 154 Å². The van der Waals surface area contributed by atoms with Crippen LogP contribution >= 0.6 is 0 Å². The van der Waals surface area contributed by atoms with Gasteiger partial charge >= 0.3 is 5.97 Å². The zero-order valence-corrected chi connectivity index (χ0v) is 44.8. The molecule has 0 spiro atoms. The van der Waals surface area contributed by atoms with Crippen molar-refractivity contribution >= 4 is 5.97 Å². The molecule has 8 aliphatic heterocycles. The Bertz CT molecular complexity index is 2070. The van der Waals surface area contributed by atoms with Gasteiger partial charge in [-0.2, -0.15) is 0 Å². The standard InChI is InChI=1S/C53H82O24/c1-22-46(75-38-17-32(64-7)48(24(3)70-38)77-51-45(61)43(59)41(57)35(74-51)20-65-50-44(60)42(58)40(56)33(18-54)73-50)30(55)15-36(68-22)76-47-23(2)69-37(16-31(47)63-6)71-27-12-13-52(4)26(14-27)9-10-28-29(52)11-8-25-19-66-53(5)39(25)34(21-67-53)72-49(28)62/h9,19,22-24,27-48,50-51,54-61H,8,10-18,20-21H2,1-7H3. The molecule has 0 aromatic heterocycles. The lowest BCUT2D eigenvalue weighted by Crippen LogP contribution is -2.63. The van der Waals surface area contributed by atoms with E-state index >= 15 is 0 Å². The van der Waals surface area contributed by atoms with Crippen LogP contribution in [0.15, 0.2) is 23.5 Å². The third-order valence-corrected chi connectivity index (χ3v) is 18.4. The second-order valence-electron chi connectivity index (χ2n) is 23.2. The highest BCUT2D eigenvalue weighted by molar-refractivity contribution is 5.74. The average molecular weight is 1100 g/mol. The van der Waals surface area contributed by atoms with E-state index in [1.54, 1.807) is 21.0 Å².